The van der Waals surface area contributed by atoms with Crippen molar-refractivity contribution in [2.75, 3.05) is 18.4 Å². The molecule has 12 nitrogen and oxygen atoms in total. The Balaban J connectivity index is 1.53. The molecule has 1 aliphatic rings. The number of piperidine rings is 1. The normalized spacial score (nSPS) is 15.0. The topological polar surface area (TPSA) is 151 Å². The van der Waals surface area contributed by atoms with E-state index in [9.17, 15) is 18.5 Å². The van der Waals surface area contributed by atoms with Gasteiger partial charge in [0.15, 0.2) is 5.82 Å². The van der Waals surface area contributed by atoms with Gasteiger partial charge in [0.05, 0.1) is 28.4 Å². The first-order valence-electron chi connectivity index (χ1n) is 15.6. The van der Waals surface area contributed by atoms with Gasteiger partial charge in [0, 0.05) is 31.0 Å². The number of amides is 1. The third kappa shape index (κ3) is 7.84. The number of nitrogens with zero attached hydrogens (tertiary/aromatic N) is 5. The molecule has 1 aliphatic heterocycles. The minimum Gasteiger partial charge on any atom is -0.472 e. The van der Waals surface area contributed by atoms with Crippen LogP contribution >= 0.6 is 0 Å². The molecule has 13 heteroatoms. The minimum atomic E-state index is -3.67. The highest BCUT2D eigenvalue weighted by molar-refractivity contribution is 7.89. The fourth-order valence-electron chi connectivity index (χ4n) is 5.60. The Kier molecular flexibility index (Phi) is 9.74. The van der Waals surface area contributed by atoms with Gasteiger partial charge >= 0.3 is 6.09 Å². The standard InChI is InChI=1S/C34H41N7O5S/c1-24(2)39-47(43,44)27-13-11-26(12-14-27)37-30-29-28(15-20-36-31(29)45-23-25-9-7-6-8-10-25)41(38-30)34(16-19-35)17-21-40(22-18-34)32(42)46-33(3,4)5/h6-15,20,24,39H,16-18,21-23H2,1-5H3,(H,37,38). The van der Waals surface area contributed by atoms with E-state index in [-0.39, 0.29) is 30.1 Å². The van der Waals surface area contributed by atoms with Crippen LogP contribution in [0.2, 0.25) is 0 Å². The van der Waals surface area contributed by atoms with E-state index < -0.39 is 21.2 Å². The molecule has 47 heavy (non-hydrogen) atoms. The quantitative estimate of drug-likeness (QED) is 0.206. The summed E-state index contributed by atoms with van der Waals surface area (Å²) in [6.07, 6.45) is 2.40. The van der Waals surface area contributed by atoms with Crippen molar-refractivity contribution in [1.29, 1.82) is 5.26 Å². The highest BCUT2D eigenvalue weighted by Crippen LogP contribution is 2.41. The second-order valence-corrected chi connectivity index (χ2v) is 14.7. The lowest BCUT2D eigenvalue weighted by Gasteiger charge is -2.41. The molecular formula is C34H41N7O5S. The van der Waals surface area contributed by atoms with Gasteiger partial charge in [-0.05, 0) is 83.4 Å². The van der Waals surface area contributed by atoms with Crippen LogP contribution in [0.15, 0.2) is 71.8 Å². The van der Waals surface area contributed by atoms with E-state index in [1.165, 1.54) is 12.1 Å². The molecule has 2 N–H and O–H groups in total. The average molecular weight is 660 g/mol. The third-order valence-corrected chi connectivity index (χ3v) is 9.47. The van der Waals surface area contributed by atoms with E-state index in [1.807, 2.05) is 61.9 Å². The lowest BCUT2D eigenvalue weighted by Crippen LogP contribution is -2.49. The first-order chi connectivity index (χ1) is 22.3. The molecule has 0 unspecified atom stereocenters. The molecule has 0 radical (unpaired) electrons. The van der Waals surface area contributed by atoms with Crippen LogP contribution in [-0.2, 0) is 26.9 Å². The number of pyridine rings is 1. The first-order valence-corrected chi connectivity index (χ1v) is 17.1. The number of anilines is 2. The number of nitrogens with one attached hydrogen (secondary N) is 2. The largest absolute Gasteiger partial charge is 0.472 e. The highest BCUT2D eigenvalue weighted by Gasteiger charge is 2.41. The summed E-state index contributed by atoms with van der Waals surface area (Å²) in [7, 11) is -3.67. The summed E-state index contributed by atoms with van der Waals surface area (Å²) in [4.78, 5) is 19.2. The molecular weight excluding hydrogens is 618 g/mol. The third-order valence-electron chi connectivity index (χ3n) is 7.80. The van der Waals surface area contributed by atoms with E-state index in [1.54, 1.807) is 37.1 Å². The summed E-state index contributed by atoms with van der Waals surface area (Å²) >= 11 is 0. The number of aromatic nitrogens is 3. The van der Waals surface area contributed by atoms with Crippen molar-refractivity contribution in [3.05, 3.63) is 72.4 Å². The van der Waals surface area contributed by atoms with Crippen LogP contribution in [0.25, 0.3) is 10.9 Å². The average Bonchev–Trinajstić information content (AvgIpc) is 3.39. The molecule has 0 spiro atoms. The summed E-state index contributed by atoms with van der Waals surface area (Å²) in [5, 5.41) is 19.0. The smallest absolute Gasteiger partial charge is 0.410 e. The van der Waals surface area contributed by atoms with Crippen molar-refractivity contribution in [2.45, 2.75) is 82.6 Å². The monoisotopic (exact) mass is 659 g/mol. The van der Waals surface area contributed by atoms with E-state index in [4.69, 9.17) is 14.6 Å². The molecule has 1 saturated heterocycles. The Bertz CT molecular complexity index is 1850. The maximum absolute atomic E-state index is 12.9. The lowest BCUT2D eigenvalue weighted by atomic mass is 9.85. The lowest BCUT2D eigenvalue weighted by molar-refractivity contribution is 0.0110. The van der Waals surface area contributed by atoms with Crippen molar-refractivity contribution in [3.8, 4) is 11.9 Å². The minimum absolute atomic E-state index is 0.144. The number of fused-ring (bicyclic) bond motifs is 1. The molecule has 3 heterocycles. The number of nitriles is 1. The second-order valence-electron chi connectivity index (χ2n) is 13.0. The molecule has 0 aliphatic carbocycles. The van der Waals surface area contributed by atoms with Crippen LogP contribution in [0.1, 0.15) is 59.4 Å². The molecule has 0 atom stereocenters. The molecule has 248 valence electrons. The van der Waals surface area contributed by atoms with Crippen LogP contribution in [0.5, 0.6) is 5.88 Å². The molecule has 2 aromatic carbocycles. The summed E-state index contributed by atoms with van der Waals surface area (Å²) in [5.41, 5.74) is 0.951. The molecule has 4 aromatic rings. The Hall–Kier alpha value is -4.67. The van der Waals surface area contributed by atoms with Crippen molar-refractivity contribution < 1.29 is 22.7 Å². The summed E-state index contributed by atoms with van der Waals surface area (Å²) in [6.45, 7) is 10.1. The molecule has 0 bridgehead atoms. The van der Waals surface area contributed by atoms with Crippen LogP contribution in [0.3, 0.4) is 0 Å². The Labute approximate surface area is 275 Å². The van der Waals surface area contributed by atoms with Crippen LogP contribution in [0, 0.1) is 11.3 Å². The van der Waals surface area contributed by atoms with Crippen LogP contribution < -0.4 is 14.8 Å². The van der Waals surface area contributed by atoms with Gasteiger partial charge in [-0.15, -0.1) is 0 Å². The van der Waals surface area contributed by atoms with Crippen LogP contribution in [-0.4, -0.2) is 58.9 Å². The SMILES string of the molecule is CC(C)NS(=O)(=O)c1ccc(Nc2nn(C3(CC#N)CCN(C(=O)OC(C)(C)C)CC3)c3ccnc(OCc4ccccc4)c23)cc1. The number of hydrogen-bond donors (Lipinski definition) is 2. The first kappa shape index (κ1) is 33.7. The van der Waals surface area contributed by atoms with Gasteiger partial charge in [0.25, 0.3) is 0 Å². The number of hydrogen-bond acceptors (Lipinski definition) is 9. The van der Waals surface area contributed by atoms with Gasteiger partial charge < -0.3 is 19.7 Å². The number of rotatable bonds is 10. The van der Waals surface area contributed by atoms with E-state index in [2.05, 4.69) is 21.1 Å². The van der Waals surface area contributed by atoms with Gasteiger partial charge in [-0.2, -0.15) is 10.4 Å². The maximum Gasteiger partial charge on any atom is 0.410 e. The second kappa shape index (κ2) is 13.6. The Morgan fingerprint density at radius 3 is 2.36 bits per heavy atom. The zero-order valence-corrected chi connectivity index (χ0v) is 28.2. The van der Waals surface area contributed by atoms with Crippen LogP contribution in [0.4, 0.5) is 16.3 Å². The number of benzene rings is 2. The highest BCUT2D eigenvalue weighted by atomic mass is 32.2. The predicted octanol–water partition coefficient (Wildman–Crippen LogP) is 6.08. The number of ether oxygens (including phenoxy) is 2. The summed E-state index contributed by atoms with van der Waals surface area (Å²) in [6, 6.07) is 20.1. The van der Waals surface area contributed by atoms with Crippen molar-refractivity contribution in [2.24, 2.45) is 0 Å². The Morgan fingerprint density at radius 2 is 1.74 bits per heavy atom. The molecule has 2 aromatic heterocycles. The van der Waals surface area contributed by atoms with E-state index >= 15 is 0 Å². The van der Waals surface area contributed by atoms with Gasteiger partial charge in [-0.1, -0.05) is 30.3 Å². The van der Waals surface area contributed by atoms with Crippen molar-refractivity contribution >= 4 is 38.5 Å². The summed E-state index contributed by atoms with van der Waals surface area (Å²) < 4.78 is 41.7. The maximum atomic E-state index is 12.9. The fourth-order valence-corrected chi connectivity index (χ4v) is 6.85. The zero-order valence-electron chi connectivity index (χ0n) is 27.4. The van der Waals surface area contributed by atoms with Gasteiger partial charge in [0.2, 0.25) is 15.9 Å². The number of carbonyl (C=O) groups is 1. The molecule has 0 saturated carbocycles. The molecule has 1 amide bonds. The van der Waals surface area contributed by atoms with Gasteiger partial charge in [-0.25, -0.2) is 22.9 Å². The zero-order chi connectivity index (χ0) is 33.8. The number of sulfonamides is 1. The van der Waals surface area contributed by atoms with E-state index in [0.29, 0.717) is 54.2 Å². The van der Waals surface area contributed by atoms with E-state index in [0.717, 1.165) is 5.56 Å². The number of likely N-dealkylation sites (tertiary alicyclic amines) is 1. The molecule has 5 rings (SSSR count). The van der Waals surface area contributed by atoms with Gasteiger partial charge in [0.1, 0.15) is 17.6 Å². The summed E-state index contributed by atoms with van der Waals surface area (Å²) in [5.74, 6) is 0.803. The Morgan fingerprint density at radius 1 is 1.06 bits per heavy atom. The molecule has 1 fully saturated rings. The van der Waals surface area contributed by atoms with Crippen molar-refractivity contribution in [3.63, 3.8) is 0 Å². The fraction of sp³-hybridized carbons (Fsp3) is 0.412. The van der Waals surface area contributed by atoms with Crippen molar-refractivity contribution in [1.82, 2.24) is 24.4 Å². The predicted molar refractivity (Wildman–Crippen MR) is 179 cm³/mol. The number of carbonyl (C=O) groups excluding carboxylic acids is 1. The van der Waals surface area contributed by atoms with Gasteiger partial charge in [-0.3, -0.25) is 4.68 Å².